The first-order valence-electron chi connectivity index (χ1n) is 9.04. The van der Waals surface area contributed by atoms with Gasteiger partial charge in [0.1, 0.15) is 17.5 Å². The van der Waals surface area contributed by atoms with Gasteiger partial charge in [0.05, 0.1) is 42.6 Å². The second kappa shape index (κ2) is 8.64. The van der Waals surface area contributed by atoms with Crippen LogP contribution < -0.4 is 21.2 Å². The molecule has 1 aromatic carbocycles. The molecule has 0 bridgehead atoms. The SMILES string of the molecule is Cn1c(=O)c(F)c(Nc2ccc(NS(C)(=O)=O)cc2F)c2c(=O)n(CC(O)CO)cnc21. The van der Waals surface area contributed by atoms with Crippen LogP contribution in [0.15, 0.2) is 34.1 Å². The van der Waals surface area contributed by atoms with Crippen LogP contribution in [0.3, 0.4) is 0 Å². The van der Waals surface area contributed by atoms with Gasteiger partial charge in [-0.2, -0.15) is 4.39 Å². The molecule has 0 fully saturated rings. The summed E-state index contributed by atoms with van der Waals surface area (Å²) in [6.07, 6.45) is 0.606. The first-order chi connectivity index (χ1) is 14.9. The lowest BCUT2D eigenvalue weighted by Gasteiger charge is -2.16. The van der Waals surface area contributed by atoms with Crippen molar-refractivity contribution in [2.45, 2.75) is 12.6 Å². The lowest BCUT2D eigenvalue weighted by atomic mass is 10.2. The first kappa shape index (κ1) is 23.3. The predicted molar refractivity (Wildman–Crippen MR) is 112 cm³/mol. The van der Waals surface area contributed by atoms with Gasteiger partial charge in [0, 0.05) is 13.1 Å². The number of aromatic nitrogens is 3. The van der Waals surface area contributed by atoms with Crippen molar-refractivity contribution in [2.24, 2.45) is 7.05 Å². The normalized spacial score (nSPS) is 12.7. The molecule has 0 amide bonds. The third-order valence-electron chi connectivity index (χ3n) is 4.45. The molecule has 1 atom stereocenters. The number of sulfonamides is 1. The van der Waals surface area contributed by atoms with Crippen LogP contribution in [0.1, 0.15) is 0 Å². The van der Waals surface area contributed by atoms with E-state index >= 15 is 0 Å². The Morgan fingerprint density at radius 1 is 1.22 bits per heavy atom. The predicted octanol–water partition coefficient (Wildman–Crippen LogP) is -0.158. The zero-order valence-corrected chi connectivity index (χ0v) is 17.7. The van der Waals surface area contributed by atoms with Gasteiger partial charge < -0.3 is 15.5 Å². The Kier molecular flexibility index (Phi) is 6.29. The molecule has 0 spiro atoms. The largest absolute Gasteiger partial charge is 0.394 e. The topological polar surface area (TPSA) is 156 Å². The summed E-state index contributed by atoms with van der Waals surface area (Å²) in [6, 6.07) is 3.12. The molecule has 14 heteroatoms. The monoisotopic (exact) mass is 471 g/mol. The van der Waals surface area contributed by atoms with E-state index in [1.165, 1.54) is 13.1 Å². The molecular formula is C18H19F2N5O6S. The van der Waals surface area contributed by atoms with Crippen molar-refractivity contribution >= 4 is 38.1 Å². The molecular weight excluding hydrogens is 452 g/mol. The third-order valence-corrected chi connectivity index (χ3v) is 5.05. The van der Waals surface area contributed by atoms with E-state index < -0.39 is 56.6 Å². The highest BCUT2D eigenvalue weighted by Gasteiger charge is 2.22. The van der Waals surface area contributed by atoms with Crippen LogP contribution in [-0.4, -0.2) is 51.7 Å². The number of halogens is 2. The second-order valence-electron chi connectivity index (χ2n) is 6.98. The smallest absolute Gasteiger partial charge is 0.290 e. The number of nitrogens with one attached hydrogen (secondary N) is 2. The highest BCUT2D eigenvalue weighted by molar-refractivity contribution is 7.92. The van der Waals surface area contributed by atoms with Gasteiger partial charge in [-0.05, 0) is 12.1 Å². The molecule has 32 heavy (non-hydrogen) atoms. The standard InChI is InChI=1S/C18H19F2N5O6S/c1-24-16-13(17(28)25(8-21-16)6-10(27)7-26)15(14(20)18(24)29)22-12-4-3-9(5-11(12)19)23-32(2,30)31/h3-5,8,10,22-23,26-27H,6-7H2,1-2H3. The maximum atomic E-state index is 14.9. The highest BCUT2D eigenvalue weighted by atomic mass is 32.2. The third kappa shape index (κ3) is 4.61. The van der Waals surface area contributed by atoms with Crippen LogP contribution in [-0.2, 0) is 23.6 Å². The van der Waals surface area contributed by atoms with Crippen LogP contribution in [0.2, 0.25) is 0 Å². The molecule has 0 radical (unpaired) electrons. The zero-order chi connectivity index (χ0) is 23.8. The second-order valence-corrected chi connectivity index (χ2v) is 8.73. The number of aryl methyl sites for hydroxylation is 1. The van der Waals surface area contributed by atoms with E-state index in [0.29, 0.717) is 0 Å². The molecule has 4 N–H and O–H groups in total. The van der Waals surface area contributed by atoms with E-state index in [0.717, 1.165) is 33.9 Å². The molecule has 2 heterocycles. The number of anilines is 3. The summed E-state index contributed by atoms with van der Waals surface area (Å²) < 4.78 is 55.8. The van der Waals surface area contributed by atoms with Crippen molar-refractivity contribution in [1.82, 2.24) is 14.1 Å². The number of aliphatic hydroxyl groups excluding tert-OH is 2. The minimum atomic E-state index is -3.67. The number of hydrogen-bond acceptors (Lipinski definition) is 8. The summed E-state index contributed by atoms with van der Waals surface area (Å²) in [6.45, 7) is -1.00. The lowest BCUT2D eigenvalue weighted by Crippen LogP contribution is -2.32. The lowest BCUT2D eigenvalue weighted by molar-refractivity contribution is 0.0802. The molecule has 2 aromatic heterocycles. The van der Waals surface area contributed by atoms with Crippen molar-refractivity contribution < 1.29 is 27.4 Å². The minimum absolute atomic E-state index is 0.0909. The van der Waals surface area contributed by atoms with Gasteiger partial charge in [-0.15, -0.1) is 0 Å². The summed E-state index contributed by atoms with van der Waals surface area (Å²) >= 11 is 0. The van der Waals surface area contributed by atoms with Crippen LogP contribution in [0.25, 0.3) is 11.0 Å². The van der Waals surface area contributed by atoms with E-state index in [1.54, 1.807) is 0 Å². The fraction of sp³-hybridized carbons (Fsp3) is 0.278. The molecule has 3 aromatic rings. The van der Waals surface area contributed by atoms with Gasteiger partial charge in [-0.1, -0.05) is 0 Å². The fourth-order valence-corrected chi connectivity index (χ4v) is 3.53. The Hall–Kier alpha value is -3.36. The summed E-state index contributed by atoms with van der Waals surface area (Å²) in [5, 5.41) is 20.6. The minimum Gasteiger partial charge on any atom is -0.394 e. The number of aliphatic hydroxyl groups is 2. The number of rotatable bonds is 7. The van der Waals surface area contributed by atoms with Gasteiger partial charge in [-0.3, -0.25) is 23.4 Å². The Bertz CT molecular complexity index is 1420. The number of pyridine rings is 1. The number of fused-ring (bicyclic) bond motifs is 1. The summed E-state index contributed by atoms with van der Waals surface area (Å²) in [4.78, 5) is 29.2. The maximum absolute atomic E-state index is 14.9. The van der Waals surface area contributed by atoms with Crippen molar-refractivity contribution in [3.63, 3.8) is 0 Å². The first-order valence-corrected chi connectivity index (χ1v) is 10.9. The van der Waals surface area contributed by atoms with Gasteiger partial charge in [-0.25, -0.2) is 17.8 Å². The maximum Gasteiger partial charge on any atom is 0.290 e. The van der Waals surface area contributed by atoms with Crippen LogP contribution in [0.4, 0.5) is 25.8 Å². The Morgan fingerprint density at radius 2 is 1.91 bits per heavy atom. The van der Waals surface area contributed by atoms with E-state index in [4.69, 9.17) is 5.11 Å². The van der Waals surface area contributed by atoms with Crippen LogP contribution in [0, 0.1) is 11.6 Å². The summed E-state index contributed by atoms with van der Waals surface area (Å²) in [5.74, 6) is -2.37. The van der Waals surface area contributed by atoms with E-state index in [2.05, 4.69) is 15.0 Å². The quantitative estimate of drug-likeness (QED) is 0.371. The number of nitrogens with zero attached hydrogens (tertiary/aromatic N) is 3. The Balaban J connectivity index is 2.18. The number of benzene rings is 1. The van der Waals surface area contributed by atoms with E-state index in [1.807, 2.05) is 0 Å². The zero-order valence-electron chi connectivity index (χ0n) is 16.8. The molecule has 0 aliphatic carbocycles. The molecule has 11 nitrogen and oxygen atoms in total. The van der Waals surface area contributed by atoms with E-state index in [9.17, 15) is 31.9 Å². The summed E-state index contributed by atoms with van der Waals surface area (Å²) in [7, 11) is -2.47. The van der Waals surface area contributed by atoms with Gasteiger partial charge in [0.2, 0.25) is 15.8 Å². The van der Waals surface area contributed by atoms with Crippen molar-refractivity contribution in [2.75, 3.05) is 22.9 Å². The van der Waals surface area contributed by atoms with Crippen molar-refractivity contribution in [1.29, 1.82) is 0 Å². The van der Waals surface area contributed by atoms with Crippen molar-refractivity contribution in [3.05, 3.63) is 56.9 Å². The van der Waals surface area contributed by atoms with Crippen LogP contribution >= 0.6 is 0 Å². The molecule has 0 saturated carbocycles. The van der Waals surface area contributed by atoms with Gasteiger partial charge >= 0.3 is 0 Å². The summed E-state index contributed by atoms with van der Waals surface area (Å²) in [5.41, 5.74) is -3.26. The average Bonchev–Trinajstić information content (AvgIpc) is 2.71. The van der Waals surface area contributed by atoms with E-state index in [-0.39, 0.29) is 23.6 Å². The van der Waals surface area contributed by atoms with Gasteiger partial charge in [0.25, 0.3) is 11.1 Å². The Labute approximate surface area is 179 Å². The molecule has 0 aliphatic rings. The number of hydrogen-bond donors (Lipinski definition) is 4. The Morgan fingerprint density at radius 3 is 2.50 bits per heavy atom. The fourth-order valence-electron chi connectivity index (χ4n) is 2.97. The van der Waals surface area contributed by atoms with Crippen LogP contribution in [0.5, 0.6) is 0 Å². The van der Waals surface area contributed by atoms with Gasteiger partial charge in [0.15, 0.2) is 5.65 Å². The molecule has 1 unspecified atom stereocenters. The molecule has 3 rings (SSSR count). The average molecular weight is 471 g/mol. The highest BCUT2D eigenvalue weighted by Crippen LogP contribution is 2.27. The molecule has 172 valence electrons. The molecule has 0 aliphatic heterocycles. The molecule has 0 saturated heterocycles. The van der Waals surface area contributed by atoms with Crippen molar-refractivity contribution in [3.8, 4) is 0 Å².